The summed E-state index contributed by atoms with van der Waals surface area (Å²) in [4.78, 5) is 12.0. The van der Waals surface area contributed by atoms with E-state index < -0.39 is 0 Å². The first-order valence-corrected chi connectivity index (χ1v) is 6.19. The van der Waals surface area contributed by atoms with Gasteiger partial charge in [0.05, 0.1) is 5.69 Å². The Morgan fingerprint density at radius 1 is 1.22 bits per heavy atom. The molecule has 0 saturated heterocycles. The van der Waals surface area contributed by atoms with E-state index in [1.807, 2.05) is 18.2 Å². The second kappa shape index (κ2) is 5.31. The van der Waals surface area contributed by atoms with Crippen LogP contribution in [0.15, 0.2) is 46.9 Å². The van der Waals surface area contributed by atoms with Crippen LogP contribution >= 0.6 is 15.9 Å². The summed E-state index contributed by atoms with van der Waals surface area (Å²) < 4.78 is 13.9. The van der Waals surface area contributed by atoms with Crippen LogP contribution in [0.5, 0.6) is 0 Å². The van der Waals surface area contributed by atoms with Crippen molar-refractivity contribution >= 4 is 27.5 Å². The third kappa shape index (κ3) is 2.76. The summed E-state index contributed by atoms with van der Waals surface area (Å²) in [5.74, 6) is -0.572. The lowest BCUT2D eigenvalue weighted by Crippen LogP contribution is -2.12. The number of halogens is 2. The Kier molecular flexibility index (Phi) is 3.77. The van der Waals surface area contributed by atoms with Gasteiger partial charge in [-0.25, -0.2) is 4.39 Å². The first-order chi connectivity index (χ1) is 8.58. The molecule has 0 aliphatic carbocycles. The molecule has 0 radical (unpaired) electrons. The lowest BCUT2D eigenvalue weighted by Gasteiger charge is -2.07. The number of aryl methyl sites for hydroxylation is 1. The summed E-state index contributed by atoms with van der Waals surface area (Å²) in [5, 5.41) is 2.76. The molecule has 92 valence electrons. The number of amides is 1. The van der Waals surface area contributed by atoms with Gasteiger partial charge in [0.1, 0.15) is 5.82 Å². The Hall–Kier alpha value is -1.68. The van der Waals surface area contributed by atoms with Gasteiger partial charge in [-0.05, 0) is 58.7 Å². The molecule has 1 N–H and O–H groups in total. The van der Waals surface area contributed by atoms with E-state index in [4.69, 9.17) is 0 Å². The van der Waals surface area contributed by atoms with Crippen LogP contribution in [-0.4, -0.2) is 5.91 Å². The molecule has 0 atom stereocenters. The van der Waals surface area contributed by atoms with Gasteiger partial charge in [-0.2, -0.15) is 0 Å². The van der Waals surface area contributed by atoms with Crippen molar-refractivity contribution in [2.45, 2.75) is 6.92 Å². The first kappa shape index (κ1) is 12.8. The minimum atomic E-state index is -0.313. The van der Waals surface area contributed by atoms with E-state index in [9.17, 15) is 9.18 Å². The maximum absolute atomic E-state index is 13.1. The van der Waals surface area contributed by atoms with E-state index >= 15 is 0 Å². The highest BCUT2D eigenvalue weighted by molar-refractivity contribution is 9.10. The third-order valence-electron chi connectivity index (χ3n) is 2.54. The average molecular weight is 308 g/mol. The highest BCUT2D eigenvalue weighted by Crippen LogP contribution is 2.22. The molecule has 2 aromatic carbocycles. The van der Waals surface area contributed by atoms with E-state index in [2.05, 4.69) is 21.2 Å². The molecular formula is C14H11BrFNO. The van der Waals surface area contributed by atoms with Crippen LogP contribution in [-0.2, 0) is 0 Å². The lowest BCUT2D eigenvalue weighted by atomic mass is 10.1. The zero-order valence-electron chi connectivity index (χ0n) is 9.71. The molecule has 0 aliphatic rings. The van der Waals surface area contributed by atoms with E-state index in [1.165, 1.54) is 18.2 Å². The third-order valence-corrected chi connectivity index (χ3v) is 3.23. The van der Waals surface area contributed by atoms with Crippen molar-refractivity contribution in [2.24, 2.45) is 0 Å². The molecule has 0 saturated carbocycles. The lowest BCUT2D eigenvalue weighted by molar-refractivity contribution is 0.102. The Morgan fingerprint density at radius 2 is 1.94 bits per heavy atom. The number of hydrogen-bond acceptors (Lipinski definition) is 1. The maximum Gasteiger partial charge on any atom is 0.255 e. The molecule has 18 heavy (non-hydrogen) atoms. The van der Waals surface area contributed by atoms with Crippen molar-refractivity contribution in [3.8, 4) is 0 Å². The van der Waals surface area contributed by atoms with Gasteiger partial charge in [0.2, 0.25) is 0 Å². The van der Waals surface area contributed by atoms with Gasteiger partial charge in [-0.15, -0.1) is 0 Å². The Morgan fingerprint density at radius 3 is 2.61 bits per heavy atom. The molecule has 0 bridgehead atoms. The standard InChI is InChI=1S/C14H11BrFNO/c1-9-8-10(6-7-12(9)16)14(18)17-13-5-3-2-4-11(13)15/h2-8H,1H3,(H,17,18). The Balaban J connectivity index is 2.22. The average Bonchev–Trinajstić information content (AvgIpc) is 2.35. The number of nitrogens with one attached hydrogen (secondary N) is 1. The number of rotatable bonds is 2. The molecule has 0 spiro atoms. The van der Waals surface area contributed by atoms with Crippen molar-refractivity contribution in [1.82, 2.24) is 0 Å². The van der Waals surface area contributed by atoms with E-state index in [0.717, 1.165) is 4.47 Å². The van der Waals surface area contributed by atoms with Gasteiger partial charge < -0.3 is 5.32 Å². The van der Waals surface area contributed by atoms with Crippen molar-refractivity contribution in [2.75, 3.05) is 5.32 Å². The predicted octanol–water partition coefficient (Wildman–Crippen LogP) is 4.15. The van der Waals surface area contributed by atoms with Gasteiger partial charge in [-0.3, -0.25) is 4.79 Å². The largest absolute Gasteiger partial charge is 0.321 e. The number of hydrogen-bond donors (Lipinski definition) is 1. The zero-order valence-corrected chi connectivity index (χ0v) is 11.3. The highest BCUT2D eigenvalue weighted by atomic mass is 79.9. The van der Waals surface area contributed by atoms with E-state index in [-0.39, 0.29) is 11.7 Å². The van der Waals surface area contributed by atoms with Crippen molar-refractivity contribution in [3.63, 3.8) is 0 Å². The van der Waals surface area contributed by atoms with Crippen LogP contribution in [0.1, 0.15) is 15.9 Å². The highest BCUT2D eigenvalue weighted by Gasteiger charge is 2.09. The van der Waals surface area contributed by atoms with Crippen molar-refractivity contribution in [3.05, 3.63) is 63.9 Å². The van der Waals surface area contributed by atoms with Crippen LogP contribution in [0.2, 0.25) is 0 Å². The fourth-order valence-electron chi connectivity index (χ4n) is 1.54. The fraction of sp³-hybridized carbons (Fsp3) is 0.0714. The van der Waals surface area contributed by atoms with Crippen molar-refractivity contribution < 1.29 is 9.18 Å². The smallest absolute Gasteiger partial charge is 0.255 e. The summed E-state index contributed by atoms with van der Waals surface area (Å²) >= 11 is 3.35. The molecule has 4 heteroatoms. The molecule has 1 amide bonds. The van der Waals surface area contributed by atoms with Crippen LogP contribution in [0.25, 0.3) is 0 Å². The topological polar surface area (TPSA) is 29.1 Å². The summed E-state index contributed by atoms with van der Waals surface area (Å²) in [5.41, 5.74) is 1.57. The molecular weight excluding hydrogens is 297 g/mol. The number of anilines is 1. The molecule has 2 aromatic rings. The molecule has 0 heterocycles. The van der Waals surface area contributed by atoms with Gasteiger partial charge >= 0.3 is 0 Å². The summed E-state index contributed by atoms with van der Waals surface area (Å²) in [6, 6.07) is 11.6. The van der Waals surface area contributed by atoms with Crippen LogP contribution < -0.4 is 5.32 Å². The normalized spacial score (nSPS) is 10.2. The summed E-state index contributed by atoms with van der Waals surface area (Å²) in [6.07, 6.45) is 0. The second-order valence-electron chi connectivity index (χ2n) is 3.90. The summed E-state index contributed by atoms with van der Waals surface area (Å²) in [6.45, 7) is 1.63. The maximum atomic E-state index is 13.1. The molecule has 0 aliphatic heterocycles. The van der Waals surface area contributed by atoms with Crippen LogP contribution in [0.3, 0.4) is 0 Å². The molecule has 0 aromatic heterocycles. The van der Waals surface area contributed by atoms with Gasteiger partial charge in [-0.1, -0.05) is 12.1 Å². The fourth-order valence-corrected chi connectivity index (χ4v) is 1.93. The van der Waals surface area contributed by atoms with E-state index in [1.54, 1.807) is 13.0 Å². The summed E-state index contributed by atoms with van der Waals surface area (Å²) in [7, 11) is 0. The van der Waals surface area contributed by atoms with Crippen molar-refractivity contribution in [1.29, 1.82) is 0 Å². The molecule has 0 unspecified atom stereocenters. The number of benzene rings is 2. The minimum absolute atomic E-state index is 0.259. The number of carbonyl (C=O) groups is 1. The quantitative estimate of drug-likeness (QED) is 0.887. The van der Waals surface area contributed by atoms with Crippen LogP contribution in [0.4, 0.5) is 10.1 Å². The van der Waals surface area contributed by atoms with E-state index in [0.29, 0.717) is 16.8 Å². The minimum Gasteiger partial charge on any atom is -0.321 e. The SMILES string of the molecule is Cc1cc(C(=O)Nc2ccccc2Br)ccc1F. The van der Waals surface area contributed by atoms with Gasteiger partial charge in [0.25, 0.3) is 5.91 Å². The number of para-hydroxylation sites is 1. The second-order valence-corrected chi connectivity index (χ2v) is 4.75. The predicted molar refractivity (Wildman–Crippen MR) is 73.2 cm³/mol. The number of carbonyl (C=O) groups excluding carboxylic acids is 1. The zero-order chi connectivity index (χ0) is 13.1. The van der Waals surface area contributed by atoms with Gasteiger partial charge in [0.15, 0.2) is 0 Å². The molecule has 2 rings (SSSR count). The molecule has 0 fully saturated rings. The monoisotopic (exact) mass is 307 g/mol. The Bertz CT molecular complexity index is 598. The molecule has 2 nitrogen and oxygen atoms in total. The first-order valence-electron chi connectivity index (χ1n) is 5.40. The Labute approximate surface area is 113 Å². The van der Waals surface area contributed by atoms with Crippen LogP contribution in [0, 0.1) is 12.7 Å². The van der Waals surface area contributed by atoms with Gasteiger partial charge in [0, 0.05) is 10.0 Å².